The molecule has 0 radical (unpaired) electrons. The minimum atomic E-state index is -2.75. The molecule has 12 heteroatoms. The lowest BCUT2D eigenvalue weighted by Gasteiger charge is -2.31. The van der Waals surface area contributed by atoms with E-state index in [-0.39, 0.29) is 55.1 Å². The number of hydrazine groups is 1. The summed E-state index contributed by atoms with van der Waals surface area (Å²) >= 11 is 0. The number of pyridine rings is 1. The molecule has 0 bridgehead atoms. The fourth-order valence-corrected chi connectivity index (χ4v) is 4.07. The first-order valence-corrected chi connectivity index (χ1v) is 12.0. The number of aromatic nitrogens is 1. The van der Waals surface area contributed by atoms with E-state index in [9.17, 15) is 23.2 Å². The Morgan fingerprint density at radius 1 is 1.16 bits per heavy atom. The number of halogens is 2. The van der Waals surface area contributed by atoms with Crippen molar-refractivity contribution in [2.75, 3.05) is 13.1 Å². The minimum Gasteiger partial charge on any atom is -0.458 e. The highest BCUT2D eigenvalue weighted by Crippen LogP contribution is 2.31. The van der Waals surface area contributed by atoms with Gasteiger partial charge in [-0.25, -0.2) is 19.4 Å². The number of nitrogen functional groups attached to an aromatic ring is 1. The van der Waals surface area contributed by atoms with Crippen LogP contribution in [-0.4, -0.2) is 52.4 Å². The van der Waals surface area contributed by atoms with Gasteiger partial charge in [0.25, 0.3) is 17.7 Å². The van der Waals surface area contributed by atoms with Gasteiger partial charge in [-0.3, -0.25) is 20.0 Å². The van der Waals surface area contributed by atoms with Crippen molar-refractivity contribution in [1.82, 2.24) is 20.6 Å². The lowest BCUT2D eigenvalue weighted by molar-refractivity contribution is -0.0494. The van der Waals surface area contributed by atoms with Crippen LogP contribution in [0.5, 0.6) is 0 Å². The third-order valence-electron chi connectivity index (χ3n) is 5.94. The zero-order valence-corrected chi connectivity index (χ0v) is 21.3. The molecule has 38 heavy (non-hydrogen) atoms. The Bertz CT molecular complexity index is 1350. The van der Waals surface area contributed by atoms with Crippen LogP contribution in [0, 0.1) is 0 Å². The van der Waals surface area contributed by atoms with E-state index in [1.165, 1.54) is 11.1 Å². The second kappa shape index (κ2) is 10.4. The van der Waals surface area contributed by atoms with Gasteiger partial charge in [0, 0.05) is 43.1 Å². The van der Waals surface area contributed by atoms with Gasteiger partial charge in [-0.05, 0) is 51.1 Å². The molecule has 1 aromatic carbocycles. The molecule has 3 aromatic rings. The normalized spacial score (nSPS) is 15.3. The van der Waals surface area contributed by atoms with E-state index in [2.05, 4.69) is 15.7 Å². The number of alkyl halides is 2. The first-order chi connectivity index (χ1) is 17.8. The van der Waals surface area contributed by atoms with Crippen LogP contribution >= 0.6 is 0 Å². The second-order valence-corrected chi connectivity index (χ2v) is 10.1. The predicted octanol–water partition coefficient (Wildman–Crippen LogP) is 3.99. The molecule has 1 saturated heterocycles. The summed E-state index contributed by atoms with van der Waals surface area (Å²) in [6, 6.07) is 8.15. The van der Waals surface area contributed by atoms with E-state index in [1.54, 1.807) is 51.1 Å². The summed E-state index contributed by atoms with van der Waals surface area (Å²) in [5.74, 6) is 2.05. The standard InChI is InChI=1S/C26H29F2N5O5/c1-25(2,3)38-24(36)31-14-18-11-17-10-16(12-19(21(17)37-18)22(34)32-29)20-5-4-15(13-30-20)23(35)33-8-6-26(27,28)7-9-33/h4-5,10-13H,6-9,14,29H2,1-3H3,(H,31,36)(H,32,34). The smallest absolute Gasteiger partial charge is 0.408 e. The van der Waals surface area contributed by atoms with Crippen molar-refractivity contribution in [2.45, 2.75) is 51.7 Å². The highest BCUT2D eigenvalue weighted by molar-refractivity contribution is 6.06. The number of hydrogen-bond acceptors (Lipinski definition) is 7. The quantitative estimate of drug-likeness (QED) is 0.258. The monoisotopic (exact) mass is 529 g/mol. The van der Waals surface area contributed by atoms with E-state index in [1.807, 2.05) is 0 Å². The maximum absolute atomic E-state index is 13.4. The number of fused-ring (bicyclic) bond motifs is 1. The van der Waals surface area contributed by atoms with Gasteiger partial charge in [-0.2, -0.15) is 0 Å². The Balaban J connectivity index is 1.56. The van der Waals surface area contributed by atoms with Gasteiger partial charge in [0.15, 0.2) is 0 Å². The number of nitrogens with two attached hydrogens (primary N) is 1. The highest BCUT2D eigenvalue weighted by atomic mass is 19.3. The number of ether oxygens (including phenoxy) is 1. The number of piperidine rings is 1. The molecule has 0 unspecified atom stereocenters. The Morgan fingerprint density at radius 2 is 1.87 bits per heavy atom. The largest absolute Gasteiger partial charge is 0.458 e. The van der Waals surface area contributed by atoms with Crippen LogP contribution in [0.2, 0.25) is 0 Å². The summed E-state index contributed by atoms with van der Waals surface area (Å²) in [4.78, 5) is 43.0. The number of amides is 3. The third-order valence-corrected chi connectivity index (χ3v) is 5.94. The van der Waals surface area contributed by atoms with Gasteiger partial charge < -0.3 is 19.4 Å². The molecule has 10 nitrogen and oxygen atoms in total. The van der Waals surface area contributed by atoms with Crippen LogP contribution in [0.4, 0.5) is 13.6 Å². The molecular weight excluding hydrogens is 500 g/mol. The number of carbonyl (C=O) groups excluding carboxylic acids is 3. The predicted molar refractivity (Wildman–Crippen MR) is 134 cm³/mol. The van der Waals surface area contributed by atoms with Gasteiger partial charge in [0.05, 0.1) is 23.4 Å². The van der Waals surface area contributed by atoms with Crippen molar-refractivity contribution in [2.24, 2.45) is 5.84 Å². The molecule has 4 rings (SSSR count). The van der Waals surface area contributed by atoms with Crippen molar-refractivity contribution in [3.63, 3.8) is 0 Å². The number of benzene rings is 1. The topological polar surface area (TPSA) is 140 Å². The summed E-state index contributed by atoms with van der Waals surface area (Å²) in [5.41, 5.74) is 3.15. The lowest BCUT2D eigenvalue weighted by atomic mass is 10.0. The number of rotatable bonds is 5. The van der Waals surface area contributed by atoms with Gasteiger partial charge >= 0.3 is 6.09 Å². The van der Waals surface area contributed by atoms with Crippen LogP contribution in [0.25, 0.3) is 22.2 Å². The molecule has 0 spiro atoms. The second-order valence-electron chi connectivity index (χ2n) is 10.1. The van der Waals surface area contributed by atoms with Gasteiger partial charge in [-0.1, -0.05) is 0 Å². The number of nitrogens with zero attached hydrogens (tertiary/aromatic N) is 2. The first kappa shape index (κ1) is 27.0. The zero-order valence-electron chi connectivity index (χ0n) is 21.3. The molecule has 1 aliphatic heterocycles. The Hall–Kier alpha value is -4.06. The number of alkyl carbamates (subject to hydrolysis) is 1. The summed E-state index contributed by atoms with van der Waals surface area (Å²) < 4.78 is 37.9. The number of hydrogen-bond donors (Lipinski definition) is 3. The molecule has 2 aromatic heterocycles. The van der Waals surface area contributed by atoms with Crippen LogP contribution < -0.4 is 16.6 Å². The molecule has 1 fully saturated rings. The fraction of sp³-hybridized carbons (Fsp3) is 0.385. The van der Waals surface area contributed by atoms with Gasteiger partial charge in [-0.15, -0.1) is 0 Å². The average molecular weight is 530 g/mol. The van der Waals surface area contributed by atoms with Crippen LogP contribution in [0.15, 0.2) is 40.9 Å². The van der Waals surface area contributed by atoms with Crippen molar-refractivity contribution in [1.29, 1.82) is 0 Å². The van der Waals surface area contributed by atoms with Crippen molar-refractivity contribution in [3.8, 4) is 11.3 Å². The summed E-state index contributed by atoms with van der Waals surface area (Å²) in [7, 11) is 0. The van der Waals surface area contributed by atoms with E-state index < -0.39 is 23.5 Å². The van der Waals surface area contributed by atoms with Crippen molar-refractivity contribution in [3.05, 3.63) is 53.4 Å². The average Bonchev–Trinajstić information content (AvgIpc) is 3.28. The number of likely N-dealkylation sites (tertiary alicyclic amines) is 1. The molecule has 3 heterocycles. The van der Waals surface area contributed by atoms with Crippen LogP contribution in [0.1, 0.15) is 60.1 Å². The Labute approximate surface area is 217 Å². The number of carbonyl (C=O) groups is 3. The lowest BCUT2D eigenvalue weighted by Crippen LogP contribution is -2.42. The first-order valence-electron chi connectivity index (χ1n) is 12.0. The van der Waals surface area contributed by atoms with E-state index >= 15 is 0 Å². The van der Waals surface area contributed by atoms with E-state index in [0.717, 1.165) is 0 Å². The number of furan rings is 1. The Kier molecular flexibility index (Phi) is 7.36. The molecule has 0 aliphatic carbocycles. The molecule has 3 amide bonds. The molecule has 202 valence electrons. The summed E-state index contributed by atoms with van der Waals surface area (Å²) in [5, 5.41) is 3.17. The molecule has 1 aliphatic rings. The van der Waals surface area contributed by atoms with Gasteiger partial charge in [0.1, 0.15) is 16.9 Å². The maximum atomic E-state index is 13.4. The third kappa shape index (κ3) is 6.25. The highest BCUT2D eigenvalue weighted by Gasteiger charge is 2.35. The molecule has 0 saturated carbocycles. The Morgan fingerprint density at radius 3 is 2.47 bits per heavy atom. The minimum absolute atomic E-state index is 0.0204. The number of nitrogens with one attached hydrogen (secondary N) is 2. The zero-order chi connectivity index (χ0) is 27.7. The summed E-state index contributed by atoms with van der Waals surface area (Å²) in [6.45, 7) is 5.23. The molecule has 4 N–H and O–H groups in total. The van der Waals surface area contributed by atoms with E-state index in [4.69, 9.17) is 15.0 Å². The summed E-state index contributed by atoms with van der Waals surface area (Å²) in [6.07, 6.45) is 0.0330. The molecular formula is C26H29F2N5O5. The molecule has 0 atom stereocenters. The SMILES string of the molecule is CC(C)(C)OC(=O)NCc1cc2cc(-c3ccc(C(=O)N4CCC(F)(F)CC4)cn3)cc(C(=O)NN)c2o1. The van der Waals surface area contributed by atoms with Crippen molar-refractivity contribution >= 4 is 28.9 Å². The van der Waals surface area contributed by atoms with E-state index in [0.29, 0.717) is 22.4 Å². The van der Waals surface area contributed by atoms with Gasteiger partial charge in [0.2, 0.25) is 0 Å². The fourth-order valence-electron chi connectivity index (χ4n) is 4.07. The van der Waals surface area contributed by atoms with Crippen LogP contribution in [0.3, 0.4) is 0 Å². The maximum Gasteiger partial charge on any atom is 0.408 e. The van der Waals surface area contributed by atoms with Crippen molar-refractivity contribution < 1.29 is 32.3 Å². The van der Waals surface area contributed by atoms with Crippen LogP contribution in [-0.2, 0) is 11.3 Å².